The van der Waals surface area contributed by atoms with Gasteiger partial charge in [0, 0.05) is 6.42 Å². The molecule has 126 valence electrons. The smallest absolute Gasteiger partial charge is 0.161 e. The monoisotopic (exact) mass is 316 g/mol. The largest absolute Gasteiger partial charge is 0.493 e. The van der Waals surface area contributed by atoms with Gasteiger partial charge >= 0.3 is 0 Å². The molecule has 0 aromatic heterocycles. The Balaban J connectivity index is 4.94. The summed E-state index contributed by atoms with van der Waals surface area (Å²) in [6, 6.07) is 0. The normalized spacial score (nSPS) is 13.6. The summed E-state index contributed by atoms with van der Waals surface area (Å²) < 4.78 is 11.0. The number of rotatable bonds is 11. The molecule has 0 heterocycles. The van der Waals surface area contributed by atoms with Crippen molar-refractivity contribution in [1.29, 1.82) is 0 Å². The van der Waals surface area contributed by atoms with E-state index >= 15 is 0 Å². The Morgan fingerprint density at radius 3 is 2.35 bits per heavy atom. The zero-order chi connectivity index (χ0) is 17.7. The van der Waals surface area contributed by atoms with Gasteiger partial charge in [-0.3, -0.25) is 0 Å². The van der Waals surface area contributed by atoms with Crippen LogP contribution in [0.5, 0.6) is 0 Å². The molecule has 0 amide bonds. The topological polar surface area (TPSA) is 35.5 Å². The van der Waals surface area contributed by atoms with Gasteiger partial charge in [0.2, 0.25) is 0 Å². The second-order valence-corrected chi connectivity index (χ2v) is 5.05. The van der Waals surface area contributed by atoms with E-state index in [4.69, 9.17) is 9.47 Å². The third kappa shape index (κ3) is 8.67. The van der Waals surface area contributed by atoms with Crippen molar-refractivity contribution in [2.24, 2.45) is 0 Å². The highest BCUT2D eigenvalue weighted by Gasteiger charge is 2.06. The lowest BCUT2D eigenvalue weighted by Gasteiger charge is -2.13. The van der Waals surface area contributed by atoms with Crippen LogP contribution in [0.2, 0.25) is 0 Å². The third-order valence-corrected chi connectivity index (χ3v) is 3.19. The van der Waals surface area contributed by atoms with Crippen LogP contribution in [0.3, 0.4) is 0 Å². The Hall–Kier alpha value is -2.29. The van der Waals surface area contributed by atoms with E-state index in [1.165, 1.54) is 0 Å². The van der Waals surface area contributed by atoms with Crippen LogP contribution in [0.4, 0.5) is 0 Å². The first kappa shape index (κ1) is 20.7. The zero-order valence-corrected chi connectivity index (χ0v) is 14.7. The second-order valence-electron chi connectivity index (χ2n) is 5.05. The number of methoxy groups -OCH3 is 1. The molecule has 23 heavy (non-hydrogen) atoms. The predicted octanol–water partition coefficient (Wildman–Crippen LogP) is 5.05. The minimum absolute atomic E-state index is 0.275. The fourth-order valence-corrected chi connectivity index (χ4v) is 1.65. The van der Waals surface area contributed by atoms with Crippen molar-refractivity contribution >= 4 is 6.29 Å². The van der Waals surface area contributed by atoms with Gasteiger partial charge in [-0.05, 0) is 43.6 Å². The van der Waals surface area contributed by atoms with Gasteiger partial charge in [-0.1, -0.05) is 43.9 Å². The van der Waals surface area contributed by atoms with Gasteiger partial charge in [-0.25, -0.2) is 0 Å². The fraction of sp³-hybridized carbons (Fsp3) is 0.350. The van der Waals surface area contributed by atoms with Gasteiger partial charge in [0.25, 0.3) is 0 Å². The second kappa shape index (κ2) is 12.3. The van der Waals surface area contributed by atoms with Crippen molar-refractivity contribution < 1.29 is 14.3 Å². The lowest BCUT2D eigenvalue weighted by atomic mass is 10.1. The number of ether oxygens (including phenoxy) is 2. The molecule has 3 heteroatoms. The quantitative estimate of drug-likeness (QED) is 0.304. The van der Waals surface area contributed by atoms with Gasteiger partial charge in [0.1, 0.15) is 12.9 Å². The average molecular weight is 316 g/mol. The van der Waals surface area contributed by atoms with Crippen LogP contribution in [0.25, 0.3) is 0 Å². The first-order valence-corrected chi connectivity index (χ1v) is 7.65. The summed E-state index contributed by atoms with van der Waals surface area (Å²) >= 11 is 0. The molecule has 0 radical (unpaired) electrons. The molecule has 0 saturated heterocycles. The Morgan fingerprint density at radius 1 is 1.13 bits per heavy atom. The van der Waals surface area contributed by atoms with Crippen LogP contribution in [0.15, 0.2) is 71.8 Å². The van der Waals surface area contributed by atoms with Crippen molar-refractivity contribution in [2.45, 2.75) is 33.6 Å². The number of hydrogen-bond donors (Lipinski definition) is 0. The molecule has 0 fully saturated rings. The highest BCUT2D eigenvalue weighted by Crippen LogP contribution is 2.15. The summed E-state index contributed by atoms with van der Waals surface area (Å²) in [6.45, 7) is 14.2. The van der Waals surface area contributed by atoms with E-state index in [-0.39, 0.29) is 6.42 Å². The molecule has 0 aromatic carbocycles. The Labute approximate surface area is 140 Å². The summed E-state index contributed by atoms with van der Waals surface area (Å²) in [7, 11) is 1.54. The lowest BCUT2D eigenvalue weighted by molar-refractivity contribution is -0.107. The number of hydrogen-bond acceptors (Lipinski definition) is 3. The maximum absolute atomic E-state index is 10.5. The molecule has 0 N–H and O–H groups in total. The molecule has 0 aliphatic heterocycles. The van der Waals surface area contributed by atoms with Crippen molar-refractivity contribution in [3.05, 3.63) is 71.8 Å². The molecule has 0 rings (SSSR count). The summed E-state index contributed by atoms with van der Waals surface area (Å²) in [5.41, 5.74) is 3.35. The first-order chi connectivity index (χ1) is 11.0. The van der Waals surface area contributed by atoms with Crippen molar-refractivity contribution in [3.8, 4) is 0 Å². The summed E-state index contributed by atoms with van der Waals surface area (Å²) in [6.07, 6.45) is 11.1. The highest BCUT2D eigenvalue weighted by atomic mass is 16.5. The van der Waals surface area contributed by atoms with Crippen LogP contribution in [0, 0.1) is 0 Å². The van der Waals surface area contributed by atoms with E-state index in [1.807, 2.05) is 26.0 Å². The number of aldehydes is 1. The highest BCUT2D eigenvalue weighted by molar-refractivity contribution is 5.52. The van der Waals surface area contributed by atoms with E-state index in [1.54, 1.807) is 25.3 Å². The fourth-order valence-electron chi connectivity index (χ4n) is 1.65. The molecule has 0 aromatic rings. The first-order valence-electron chi connectivity index (χ1n) is 7.65. The lowest BCUT2D eigenvalue weighted by Crippen LogP contribution is -2.01. The maximum atomic E-state index is 10.5. The van der Waals surface area contributed by atoms with Crippen LogP contribution >= 0.6 is 0 Å². The molecule has 0 aliphatic rings. The minimum Gasteiger partial charge on any atom is -0.493 e. The summed E-state index contributed by atoms with van der Waals surface area (Å²) in [4.78, 5) is 10.5. The zero-order valence-electron chi connectivity index (χ0n) is 14.7. The van der Waals surface area contributed by atoms with Gasteiger partial charge < -0.3 is 14.3 Å². The Kier molecular flexibility index (Phi) is 11.1. The van der Waals surface area contributed by atoms with Crippen LogP contribution in [-0.2, 0) is 14.3 Å². The molecule has 0 spiro atoms. The van der Waals surface area contributed by atoms with Crippen molar-refractivity contribution in [2.75, 3.05) is 13.7 Å². The van der Waals surface area contributed by atoms with E-state index in [0.29, 0.717) is 18.1 Å². The predicted molar refractivity (Wildman–Crippen MR) is 97.0 cm³/mol. The van der Waals surface area contributed by atoms with Crippen molar-refractivity contribution in [1.82, 2.24) is 0 Å². The van der Waals surface area contributed by atoms with Crippen molar-refractivity contribution in [3.63, 3.8) is 0 Å². The molecule has 0 saturated carbocycles. The third-order valence-electron chi connectivity index (χ3n) is 3.19. The molecule has 3 nitrogen and oxygen atoms in total. The number of carbonyl (C=O) groups is 1. The van der Waals surface area contributed by atoms with Gasteiger partial charge in [-0.15, -0.1) is 0 Å². The molecule has 0 unspecified atom stereocenters. The number of carbonyl (C=O) groups excluding carboxylic acids is 1. The number of allylic oxidation sites excluding steroid dienone is 7. The summed E-state index contributed by atoms with van der Waals surface area (Å²) in [5, 5.41) is 0. The van der Waals surface area contributed by atoms with E-state index in [0.717, 1.165) is 29.4 Å². The van der Waals surface area contributed by atoms with E-state index in [2.05, 4.69) is 20.1 Å². The SMILES string of the molecule is C=C/C=C(OC/C(C)=C/C=C(/C)C(=C)CC)\C(=C/CC=O)OC. The van der Waals surface area contributed by atoms with E-state index < -0.39 is 0 Å². The molecule has 0 bridgehead atoms. The summed E-state index contributed by atoms with van der Waals surface area (Å²) in [5.74, 6) is 1.08. The molecular weight excluding hydrogens is 288 g/mol. The standard InChI is InChI=1S/C20H28O3/c1-7-10-20(19(22-6)11-9-14-21)23-15-16(3)12-13-18(5)17(4)8-2/h7,10-14H,1,4,8-9,15H2,2-3,5-6H3/b16-12+,18-13-,19-11+,20-10+. The maximum Gasteiger partial charge on any atom is 0.161 e. The van der Waals surface area contributed by atoms with E-state index in [9.17, 15) is 4.79 Å². The Morgan fingerprint density at radius 2 is 1.83 bits per heavy atom. The molecule has 0 atom stereocenters. The molecule has 0 aliphatic carbocycles. The van der Waals surface area contributed by atoms with Crippen LogP contribution in [-0.4, -0.2) is 20.0 Å². The van der Waals surface area contributed by atoms with Gasteiger partial charge in [0.15, 0.2) is 11.5 Å². The van der Waals surface area contributed by atoms with Crippen LogP contribution in [0.1, 0.15) is 33.6 Å². The van der Waals surface area contributed by atoms with Gasteiger partial charge in [0.05, 0.1) is 7.11 Å². The minimum atomic E-state index is 0.275. The van der Waals surface area contributed by atoms with Gasteiger partial charge in [-0.2, -0.15) is 0 Å². The average Bonchev–Trinajstić information content (AvgIpc) is 2.56. The Bertz CT molecular complexity index is 531. The molecular formula is C20H28O3. The van der Waals surface area contributed by atoms with Crippen LogP contribution < -0.4 is 0 Å².